The van der Waals surface area contributed by atoms with Crippen molar-refractivity contribution < 1.29 is 9.47 Å². The molecule has 0 radical (unpaired) electrons. The van der Waals surface area contributed by atoms with Gasteiger partial charge in [-0.25, -0.2) is 0 Å². The Kier molecular flexibility index (Phi) is 6.15. The Hall–Kier alpha value is -2.94. The topological polar surface area (TPSA) is 30.5 Å². The van der Waals surface area contributed by atoms with Gasteiger partial charge in [-0.1, -0.05) is 48.5 Å². The number of ether oxygens (including phenoxy) is 2. The first-order valence-electron chi connectivity index (χ1n) is 8.87. The van der Waals surface area contributed by atoms with E-state index in [-0.39, 0.29) is 0 Å². The Morgan fingerprint density at radius 3 is 2.31 bits per heavy atom. The molecule has 0 fully saturated rings. The summed E-state index contributed by atoms with van der Waals surface area (Å²) in [5.41, 5.74) is 4.91. The monoisotopic (exact) mass is 347 g/mol. The highest BCUT2D eigenvalue weighted by atomic mass is 16.5. The maximum absolute atomic E-state index is 5.44. The van der Waals surface area contributed by atoms with Gasteiger partial charge in [0.15, 0.2) is 0 Å². The van der Waals surface area contributed by atoms with E-state index in [2.05, 4.69) is 47.8 Å². The van der Waals surface area contributed by atoms with Gasteiger partial charge in [-0.15, -0.1) is 0 Å². The quantitative estimate of drug-likeness (QED) is 0.615. The molecule has 0 saturated heterocycles. The maximum Gasteiger partial charge on any atom is 0.123 e. The van der Waals surface area contributed by atoms with Crippen LogP contribution in [0.5, 0.6) is 11.5 Å². The predicted molar refractivity (Wildman–Crippen MR) is 107 cm³/mol. The normalized spacial score (nSPS) is 10.4. The van der Waals surface area contributed by atoms with E-state index in [9.17, 15) is 0 Å². The van der Waals surface area contributed by atoms with Crippen molar-refractivity contribution in [3.05, 3.63) is 89.5 Å². The van der Waals surface area contributed by atoms with Crippen molar-refractivity contribution in [2.24, 2.45) is 0 Å². The molecule has 3 nitrogen and oxygen atoms in total. The van der Waals surface area contributed by atoms with Crippen LogP contribution in [0.1, 0.15) is 16.7 Å². The smallest absolute Gasteiger partial charge is 0.123 e. The Balaban J connectivity index is 1.68. The molecule has 134 valence electrons. The van der Waals surface area contributed by atoms with E-state index >= 15 is 0 Å². The van der Waals surface area contributed by atoms with Gasteiger partial charge in [0, 0.05) is 17.8 Å². The highest BCUT2D eigenvalue weighted by Crippen LogP contribution is 2.22. The molecule has 0 bridgehead atoms. The zero-order valence-electron chi connectivity index (χ0n) is 15.4. The molecule has 0 amide bonds. The second-order valence-corrected chi connectivity index (χ2v) is 6.17. The van der Waals surface area contributed by atoms with Crippen molar-refractivity contribution >= 4 is 5.69 Å². The minimum atomic E-state index is 0.736. The van der Waals surface area contributed by atoms with E-state index in [1.807, 2.05) is 30.3 Å². The average Bonchev–Trinajstić information content (AvgIpc) is 2.71. The Labute approximate surface area is 155 Å². The molecule has 3 heteroatoms. The third-order valence-corrected chi connectivity index (χ3v) is 4.50. The number of aryl methyl sites for hydroxylation is 2. The number of para-hydroxylation sites is 2. The molecule has 0 aromatic heterocycles. The summed E-state index contributed by atoms with van der Waals surface area (Å²) in [7, 11) is 3.41. The minimum absolute atomic E-state index is 0.736. The van der Waals surface area contributed by atoms with Crippen LogP contribution in [0, 0.1) is 0 Å². The third kappa shape index (κ3) is 4.57. The molecule has 0 heterocycles. The molecule has 0 aliphatic heterocycles. The summed E-state index contributed by atoms with van der Waals surface area (Å²) in [5, 5.41) is 3.56. The van der Waals surface area contributed by atoms with Gasteiger partial charge >= 0.3 is 0 Å². The van der Waals surface area contributed by atoms with Crippen LogP contribution < -0.4 is 14.8 Å². The fourth-order valence-electron chi connectivity index (χ4n) is 3.06. The van der Waals surface area contributed by atoms with E-state index in [0.29, 0.717) is 0 Å². The summed E-state index contributed by atoms with van der Waals surface area (Å²) in [6, 6.07) is 24.9. The lowest BCUT2D eigenvalue weighted by Crippen LogP contribution is -2.04. The van der Waals surface area contributed by atoms with Crippen LogP contribution in [-0.4, -0.2) is 14.2 Å². The van der Waals surface area contributed by atoms with Crippen LogP contribution in [-0.2, 0) is 19.4 Å². The Bertz CT molecular complexity index is 845. The highest BCUT2D eigenvalue weighted by Gasteiger charge is 2.05. The summed E-state index contributed by atoms with van der Waals surface area (Å²) in [5.74, 6) is 1.82. The summed E-state index contributed by atoms with van der Waals surface area (Å²) in [6.07, 6.45) is 1.95. The number of benzene rings is 3. The maximum atomic E-state index is 5.44. The summed E-state index contributed by atoms with van der Waals surface area (Å²) < 4.78 is 10.8. The van der Waals surface area contributed by atoms with E-state index in [4.69, 9.17) is 9.47 Å². The number of nitrogens with one attached hydrogen (secondary N) is 1. The lowest BCUT2D eigenvalue weighted by atomic mass is 10.0. The predicted octanol–water partition coefficient (Wildman–Crippen LogP) is 5.10. The van der Waals surface area contributed by atoms with Gasteiger partial charge in [-0.2, -0.15) is 0 Å². The molecule has 0 atom stereocenters. The SMILES string of the molecule is COc1cccc(CCc2ccccc2NCc2ccccc2OC)c1. The lowest BCUT2D eigenvalue weighted by Gasteiger charge is -2.14. The number of methoxy groups -OCH3 is 2. The van der Waals surface area contributed by atoms with Gasteiger partial charge in [-0.05, 0) is 48.2 Å². The van der Waals surface area contributed by atoms with Gasteiger partial charge in [0.05, 0.1) is 14.2 Å². The summed E-state index contributed by atoms with van der Waals surface area (Å²) >= 11 is 0. The first-order valence-corrected chi connectivity index (χ1v) is 8.87. The molecule has 3 aromatic carbocycles. The third-order valence-electron chi connectivity index (χ3n) is 4.50. The van der Waals surface area contributed by atoms with Crippen molar-refractivity contribution in [3.63, 3.8) is 0 Å². The van der Waals surface area contributed by atoms with Crippen molar-refractivity contribution in [1.29, 1.82) is 0 Å². The lowest BCUT2D eigenvalue weighted by molar-refractivity contribution is 0.410. The number of anilines is 1. The van der Waals surface area contributed by atoms with Crippen LogP contribution in [0.3, 0.4) is 0 Å². The zero-order chi connectivity index (χ0) is 18.2. The molecule has 3 rings (SSSR count). The Morgan fingerprint density at radius 2 is 1.50 bits per heavy atom. The molecule has 0 aliphatic carbocycles. The first kappa shape index (κ1) is 17.9. The van der Waals surface area contributed by atoms with Crippen molar-refractivity contribution in [2.75, 3.05) is 19.5 Å². The van der Waals surface area contributed by atoms with Gasteiger partial charge in [-0.3, -0.25) is 0 Å². The van der Waals surface area contributed by atoms with Crippen LogP contribution in [0.2, 0.25) is 0 Å². The summed E-state index contributed by atoms with van der Waals surface area (Å²) in [6.45, 7) is 0.736. The van der Waals surface area contributed by atoms with Crippen LogP contribution in [0.4, 0.5) is 5.69 Å². The molecule has 0 unspecified atom stereocenters. The second-order valence-electron chi connectivity index (χ2n) is 6.17. The molecule has 0 aliphatic rings. The van der Waals surface area contributed by atoms with Crippen molar-refractivity contribution in [3.8, 4) is 11.5 Å². The average molecular weight is 347 g/mol. The van der Waals surface area contributed by atoms with Crippen LogP contribution in [0.25, 0.3) is 0 Å². The van der Waals surface area contributed by atoms with Gasteiger partial charge in [0.25, 0.3) is 0 Å². The van der Waals surface area contributed by atoms with E-state index in [0.717, 1.165) is 36.4 Å². The summed E-state index contributed by atoms with van der Waals surface area (Å²) in [4.78, 5) is 0. The first-order chi connectivity index (χ1) is 12.8. The van der Waals surface area contributed by atoms with Crippen molar-refractivity contribution in [2.45, 2.75) is 19.4 Å². The zero-order valence-corrected chi connectivity index (χ0v) is 15.4. The standard InChI is InChI=1S/C23H25NO2/c1-25-21-11-7-8-18(16-21)14-15-19-9-3-5-12-22(19)24-17-20-10-4-6-13-23(20)26-2/h3-13,16,24H,14-15,17H2,1-2H3. The molecule has 1 N–H and O–H groups in total. The van der Waals surface area contributed by atoms with Gasteiger partial charge < -0.3 is 14.8 Å². The van der Waals surface area contributed by atoms with E-state index in [1.165, 1.54) is 16.8 Å². The largest absolute Gasteiger partial charge is 0.497 e. The minimum Gasteiger partial charge on any atom is -0.497 e. The molecule has 26 heavy (non-hydrogen) atoms. The molecule has 0 spiro atoms. The van der Waals surface area contributed by atoms with Gasteiger partial charge in [0.1, 0.15) is 11.5 Å². The van der Waals surface area contributed by atoms with E-state index < -0.39 is 0 Å². The van der Waals surface area contributed by atoms with Crippen molar-refractivity contribution in [1.82, 2.24) is 0 Å². The van der Waals surface area contributed by atoms with Gasteiger partial charge in [0.2, 0.25) is 0 Å². The van der Waals surface area contributed by atoms with Crippen LogP contribution >= 0.6 is 0 Å². The molecular weight excluding hydrogens is 322 g/mol. The fraction of sp³-hybridized carbons (Fsp3) is 0.217. The van der Waals surface area contributed by atoms with Crippen LogP contribution in [0.15, 0.2) is 72.8 Å². The molecule has 0 saturated carbocycles. The second kappa shape index (κ2) is 8.95. The fourth-order valence-corrected chi connectivity index (χ4v) is 3.06. The number of hydrogen-bond acceptors (Lipinski definition) is 3. The van der Waals surface area contributed by atoms with E-state index in [1.54, 1.807) is 14.2 Å². The molecule has 3 aromatic rings. The highest BCUT2D eigenvalue weighted by molar-refractivity contribution is 5.52. The Morgan fingerprint density at radius 1 is 0.731 bits per heavy atom. The number of hydrogen-bond donors (Lipinski definition) is 1. The molecular formula is C23H25NO2. The number of rotatable bonds is 8.